The van der Waals surface area contributed by atoms with Crippen molar-refractivity contribution in [2.24, 2.45) is 0 Å². The quantitative estimate of drug-likeness (QED) is 0.736. The first-order chi connectivity index (χ1) is 7.99. The van der Waals surface area contributed by atoms with Gasteiger partial charge in [0.25, 0.3) is 0 Å². The maximum absolute atomic E-state index is 11.5. The number of hydrogen-bond donors (Lipinski definition) is 2. The lowest BCUT2D eigenvalue weighted by Gasteiger charge is -2.05. The fourth-order valence-electron chi connectivity index (χ4n) is 1.17. The van der Waals surface area contributed by atoms with E-state index < -0.39 is 16.0 Å². The molecule has 0 fully saturated rings. The number of aliphatic carboxylic acids is 1. The SMILES string of the molecule is O=C(O)CCCS(=O)(=O)NCc1ccccn1. The van der Waals surface area contributed by atoms with Crippen LogP contribution in [-0.4, -0.2) is 30.2 Å². The molecule has 0 saturated heterocycles. The normalized spacial score (nSPS) is 11.3. The molecule has 1 rings (SSSR count). The Labute approximate surface area is 99.7 Å². The molecule has 0 saturated carbocycles. The van der Waals surface area contributed by atoms with Crippen LogP contribution in [0.1, 0.15) is 18.5 Å². The molecule has 0 aromatic carbocycles. The van der Waals surface area contributed by atoms with Crippen LogP contribution in [0.4, 0.5) is 0 Å². The number of carboxylic acids is 1. The molecule has 94 valence electrons. The van der Waals surface area contributed by atoms with E-state index in [9.17, 15) is 13.2 Å². The second-order valence-corrected chi connectivity index (χ2v) is 5.38. The summed E-state index contributed by atoms with van der Waals surface area (Å²) < 4.78 is 25.3. The molecule has 0 aliphatic heterocycles. The largest absolute Gasteiger partial charge is 0.481 e. The van der Waals surface area contributed by atoms with Crippen molar-refractivity contribution >= 4 is 16.0 Å². The molecule has 0 aliphatic carbocycles. The van der Waals surface area contributed by atoms with E-state index in [1.807, 2.05) is 0 Å². The fourth-order valence-corrected chi connectivity index (χ4v) is 2.21. The van der Waals surface area contributed by atoms with Crippen molar-refractivity contribution in [2.75, 3.05) is 5.75 Å². The van der Waals surface area contributed by atoms with Crippen LogP contribution >= 0.6 is 0 Å². The van der Waals surface area contributed by atoms with Crippen molar-refractivity contribution in [1.29, 1.82) is 0 Å². The Morgan fingerprint density at radius 2 is 2.18 bits per heavy atom. The first-order valence-corrected chi connectivity index (χ1v) is 6.74. The van der Waals surface area contributed by atoms with Crippen molar-refractivity contribution in [1.82, 2.24) is 9.71 Å². The van der Waals surface area contributed by atoms with Crippen LogP contribution in [0, 0.1) is 0 Å². The van der Waals surface area contributed by atoms with Gasteiger partial charge in [-0.1, -0.05) is 6.07 Å². The molecule has 0 unspecified atom stereocenters. The number of carbonyl (C=O) groups is 1. The van der Waals surface area contributed by atoms with Gasteiger partial charge in [-0.25, -0.2) is 13.1 Å². The number of nitrogens with zero attached hydrogens (tertiary/aromatic N) is 1. The zero-order valence-electron chi connectivity index (χ0n) is 9.17. The van der Waals surface area contributed by atoms with Crippen molar-refractivity contribution in [3.63, 3.8) is 0 Å². The first-order valence-electron chi connectivity index (χ1n) is 5.09. The van der Waals surface area contributed by atoms with Gasteiger partial charge in [0.2, 0.25) is 10.0 Å². The van der Waals surface area contributed by atoms with Gasteiger partial charge in [-0.2, -0.15) is 0 Å². The monoisotopic (exact) mass is 258 g/mol. The van der Waals surface area contributed by atoms with E-state index in [-0.39, 0.29) is 25.1 Å². The zero-order valence-corrected chi connectivity index (χ0v) is 9.98. The molecule has 0 aliphatic rings. The lowest BCUT2D eigenvalue weighted by molar-refractivity contribution is -0.137. The van der Waals surface area contributed by atoms with E-state index in [1.165, 1.54) is 0 Å². The second kappa shape index (κ2) is 6.31. The van der Waals surface area contributed by atoms with Gasteiger partial charge in [-0.05, 0) is 18.6 Å². The number of pyridine rings is 1. The predicted octanol–water partition coefficient (Wildman–Crippen LogP) is 0.366. The van der Waals surface area contributed by atoms with E-state index in [2.05, 4.69) is 9.71 Å². The van der Waals surface area contributed by atoms with Gasteiger partial charge in [-0.3, -0.25) is 9.78 Å². The highest BCUT2D eigenvalue weighted by Gasteiger charge is 2.10. The maximum atomic E-state index is 11.5. The molecular formula is C10H14N2O4S. The summed E-state index contributed by atoms with van der Waals surface area (Å²) in [5, 5.41) is 8.39. The van der Waals surface area contributed by atoms with E-state index >= 15 is 0 Å². The van der Waals surface area contributed by atoms with Gasteiger partial charge in [0, 0.05) is 12.6 Å². The summed E-state index contributed by atoms with van der Waals surface area (Å²) in [5.41, 5.74) is 0.620. The minimum Gasteiger partial charge on any atom is -0.481 e. The predicted molar refractivity (Wildman–Crippen MR) is 61.7 cm³/mol. The molecule has 6 nitrogen and oxygen atoms in total. The average molecular weight is 258 g/mol. The molecule has 1 heterocycles. The molecule has 2 N–H and O–H groups in total. The van der Waals surface area contributed by atoms with Gasteiger partial charge in [-0.15, -0.1) is 0 Å². The molecular weight excluding hydrogens is 244 g/mol. The topological polar surface area (TPSA) is 96.4 Å². The van der Waals surface area contributed by atoms with Crippen LogP contribution in [0.5, 0.6) is 0 Å². The number of rotatable bonds is 7. The highest BCUT2D eigenvalue weighted by molar-refractivity contribution is 7.89. The van der Waals surface area contributed by atoms with Gasteiger partial charge in [0.05, 0.1) is 18.0 Å². The Balaban J connectivity index is 2.37. The van der Waals surface area contributed by atoms with E-state index in [0.717, 1.165) is 0 Å². The van der Waals surface area contributed by atoms with Crippen molar-refractivity contribution < 1.29 is 18.3 Å². The third kappa shape index (κ3) is 5.98. The summed E-state index contributed by atoms with van der Waals surface area (Å²) in [6, 6.07) is 5.21. The smallest absolute Gasteiger partial charge is 0.303 e. The summed E-state index contributed by atoms with van der Waals surface area (Å²) in [4.78, 5) is 14.2. The number of aromatic nitrogens is 1. The van der Waals surface area contributed by atoms with E-state index in [4.69, 9.17) is 5.11 Å². The Hall–Kier alpha value is -1.47. The molecule has 0 radical (unpaired) electrons. The molecule has 0 spiro atoms. The number of nitrogens with one attached hydrogen (secondary N) is 1. The van der Waals surface area contributed by atoms with Crippen LogP contribution in [0.25, 0.3) is 0 Å². The maximum Gasteiger partial charge on any atom is 0.303 e. The summed E-state index contributed by atoms with van der Waals surface area (Å²) >= 11 is 0. The van der Waals surface area contributed by atoms with Crippen molar-refractivity contribution in [3.8, 4) is 0 Å². The average Bonchev–Trinajstić information content (AvgIpc) is 2.27. The third-order valence-corrected chi connectivity index (χ3v) is 3.41. The molecule has 1 aromatic heterocycles. The van der Waals surface area contributed by atoms with Gasteiger partial charge >= 0.3 is 5.97 Å². The van der Waals surface area contributed by atoms with Crippen LogP contribution in [0.2, 0.25) is 0 Å². The second-order valence-electron chi connectivity index (χ2n) is 3.46. The van der Waals surface area contributed by atoms with Gasteiger partial charge in [0.15, 0.2) is 0 Å². The number of hydrogen-bond acceptors (Lipinski definition) is 4. The molecule has 0 amide bonds. The van der Waals surface area contributed by atoms with Crippen molar-refractivity contribution in [3.05, 3.63) is 30.1 Å². The van der Waals surface area contributed by atoms with E-state index in [1.54, 1.807) is 24.4 Å². The summed E-state index contributed by atoms with van der Waals surface area (Å²) in [6.45, 7) is 0.121. The number of sulfonamides is 1. The standard InChI is InChI=1S/C10H14N2O4S/c13-10(14)5-3-7-17(15,16)12-8-9-4-1-2-6-11-9/h1-2,4,6,12H,3,5,7-8H2,(H,13,14). The lowest BCUT2D eigenvalue weighted by atomic mass is 10.3. The molecule has 7 heteroatoms. The van der Waals surface area contributed by atoms with Crippen LogP contribution in [0.15, 0.2) is 24.4 Å². The number of carboxylic acid groups (broad SMARTS) is 1. The van der Waals surface area contributed by atoms with Crippen LogP contribution < -0.4 is 4.72 Å². The Morgan fingerprint density at radius 1 is 1.41 bits per heavy atom. The van der Waals surface area contributed by atoms with Gasteiger partial charge in [0.1, 0.15) is 0 Å². The van der Waals surface area contributed by atoms with Crippen LogP contribution in [-0.2, 0) is 21.4 Å². The Morgan fingerprint density at radius 3 is 2.76 bits per heavy atom. The Kier molecular flexibility index (Phi) is 5.05. The summed E-state index contributed by atoms with van der Waals surface area (Å²) in [6.07, 6.45) is 1.53. The molecule has 0 bridgehead atoms. The summed E-state index contributed by atoms with van der Waals surface area (Å²) in [5.74, 6) is -1.18. The fraction of sp³-hybridized carbons (Fsp3) is 0.400. The van der Waals surface area contributed by atoms with Crippen LogP contribution in [0.3, 0.4) is 0 Å². The lowest BCUT2D eigenvalue weighted by Crippen LogP contribution is -2.26. The molecule has 0 atom stereocenters. The minimum absolute atomic E-state index is 0.104. The third-order valence-electron chi connectivity index (χ3n) is 2.00. The minimum atomic E-state index is -3.43. The van der Waals surface area contributed by atoms with E-state index in [0.29, 0.717) is 5.69 Å². The zero-order chi connectivity index (χ0) is 12.7. The first kappa shape index (κ1) is 13.6. The Bertz CT molecular complexity index is 458. The molecule has 1 aromatic rings. The van der Waals surface area contributed by atoms with Crippen molar-refractivity contribution in [2.45, 2.75) is 19.4 Å². The summed E-state index contributed by atoms with van der Waals surface area (Å²) in [7, 11) is -3.43. The highest BCUT2D eigenvalue weighted by atomic mass is 32.2. The highest BCUT2D eigenvalue weighted by Crippen LogP contribution is 1.98. The molecule has 17 heavy (non-hydrogen) atoms. The van der Waals surface area contributed by atoms with Gasteiger partial charge < -0.3 is 5.11 Å².